The lowest BCUT2D eigenvalue weighted by molar-refractivity contribution is -0.437. The van der Waals surface area contributed by atoms with Crippen molar-refractivity contribution in [2.75, 3.05) is 54.5 Å². The highest BCUT2D eigenvalue weighted by Gasteiger charge is 2.50. The molecule has 1 amide bonds. The van der Waals surface area contributed by atoms with Gasteiger partial charge in [-0.2, -0.15) is 30.0 Å². The number of aliphatic hydroxyl groups excluding tert-OH is 2. The first-order valence-electron chi connectivity index (χ1n) is 29.8. The summed E-state index contributed by atoms with van der Waals surface area (Å²) in [7, 11) is -26.2. The first kappa shape index (κ1) is 73.0. The van der Waals surface area contributed by atoms with E-state index in [0.29, 0.717) is 62.0 Å². The molecule has 2 aromatic heterocycles. The van der Waals surface area contributed by atoms with Crippen LogP contribution < -0.4 is 26.0 Å². The fourth-order valence-corrected chi connectivity index (χ4v) is 15.9. The van der Waals surface area contributed by atoms with Gasteiger partial charge in [0, 0.05) is 78.5 Å². The van der Waals surface area contributed by atoms with Crippen molar-refractivity contribution in [3.8, 4) is 5.75 Å². The molecule has 1 fully saturated rings. The molecule has 4 aromatic rings. The zero-order valence-corrected chi connectivity index (χ0v) is 56.8. The van der Waals surface area contributed by atoms with Crippen molar-refractivity contribution < 1.29 is 101 Å². The smallest absolute Gasteiger partial charge is 0.460 e. The Hall–Kier alpha value is -5.86. The van der Waals surface area contributed by atoms with E-state index in [1.165, 1.54) is 16.7 Å². The molecule has 8 rings (SSSR count). The van der Waals surface area contributed by atoms with Crippen LogP contribution in [0.2, 0.25) is 0 Å². The summed E-state index contributed by atoms with van der Waals surface area (Å²) >= 11 is 0. The Morgan fingerprint density at radius 2 is 1.60 bits per heavy atom. The molecular weight excluding hydrogens is 1320 g/mol. The van der Waals surface area contributed by atoms with Gasteiger partial charge in [-0.1, -0.05) is 64.0 Å². The van der Waals surface area contributed by atoms with Crippen molar-refractivity contribution in [1.82, 2.24) is 24.8 Å². The number of anilines is 3. The normalized spacial score (nSPS) is 22.6. The number of rotatable bonds is 29. The second kappa shape index (κ2) is 28.5. The molecule has 0 aliphatic carbocycles. The van der Waals surface area contributed by atoms with E-state index >= 15 is 0 Å². The quantitative estimate of drug-likeness (QED) is 0.00813. The van der Waals surface area contributed by atoms with E-state index in [2.05, 4.69) is 110 Å². The van der Waals surface area contributed by atoms with E-state index in [1.807, 2.05) is 48.0 Å². The molecule has 30 nitrogen and oxygen atoms in total. The number of aliphatic hydroxyl groups is 2. The molecule has 0 spiro atoms. The Balaban J connectivity index is 0.906. The average molecular weight is 1400 g/mol. The van der Waals surface area contributed by atoms with Gasteiger partial charge in [0.1, 0.15) is 42.7 Å². The number of nitrogens with two attached hydrogens (primary N) is 1. The minimum atomic E-state index is -5.85. The summed E-state index contributed by atoms with van der Waals surface area (Å²) in [5, 5.41) is 28.0. The second-order valence-electron chi connectivity index (χ2n) is 24.7. The zero-order valence-electron chi connectivity index (χ0n) is 52.5. The van der Waals surface area contributed by atoms with Crippen LogP contribution in [0.5, 0.6) is 5.75 Å². The highest BCUT2D eigenvalue weighted by atomic mass is 32.2. The topological polar surface area (TPSA) is 444 Å². The van der Waals surface area contributed by atoms with Crippen molar-refractivity contribution in [1.29, 1.82) is 0 Å². The van der Waals surface area contributed by atoms with Crippen LogP contribution in [0.4, 0.5) is 23.1 Å². The van der Waals surface area contributed by atoms with E-state index in [4.69, 9.17) is 25.0 Å². The molecule has 6 heterocycles. The number of nitrogen functional groups attached to an aromatic ring is 1. The number of hydrogen-bond acceptors (Lipinski definition) is 21. The molecule has 1 saturated heterocycles. The van der Waals surface area contributed by atoms with Crippen LogP contribution in [-0.4, -0.2) is 154 Å². The summed E-state index contributed by atoms with van der Waals surface area (Å²) in [6.07, 6.45) is 11.4. The SMILES string of the molecule is CCN1c2cc3c(cc2C(C)=CC1(C)C)C(=CC=CC=CC1=[N+](CCCS(=O)(=O)O)c2ccc(S(=O)(=O)O)cc2C1(C)CCCC(=O)NCCCCCCNc1nc2c(N)ncnc2n1[C@@H]1O[C@H](COP(=O)(O)OP(=O)(O)OP(=O)(O)O)[C@@H](O)[C@H]1O)C=C(C(C)(C)C)O3. The van der Waals surface area contributed by atoms with Gasteiger partial charge in [-0.25, -0.2) is 28.6 Å². The largest absolute Gasteiger partial charge is 0.490 e. The summed E-state index contributed by atoms with van der Waals surface area (Å²) < 4.78 is 132. The molecule has 0 saturated carbocycles. The number of unbranched alkanes of at least 4 members (excludes halogenated alkanes) is 3. The van der Waals surface area contributed by atoms with Crippen LogP contribution in [0.25, 0.3) is 22.3 Å². The van der Waals surface area contributed by atoms with Gasteiger partial charge in [0.05, 0.1) is 28.2 Å². The van der Waals surface area contributed by atoms with Crippen LogP contribution in [0.15, 0.2) is 89.8 Å². The molecule has 93 heavy (non-hydrogen) atoms. The minimum Gasteiger partial charge on any atom is -0.460 e. The number of allylic oxidation sites excluding steroid dienone is 9. The Kier molecular flexibility index (Phi) is 22.3. The molecule has 0 radical (unpaired) electrons. The van der Waals surface area contributed by atoms with E-state index in [-0.39, 0.29) is 70.6 Å². The maximum absolute atomic E-state index is 13.4. The number of carbonyl (C=O) groups excluding carboxylic acids is 1. The van der Waals surface area contributed by atoms with Gasteiger partial charge in [-0.05, 0) is 95.7 Å². The Morgan fingerprint density at radius 3 is 2.27 bits per heavy atom. The number of amides is 1. The van der Waals surface area contributed by atoms with Gasteiger partial charge in [0.15, 0.2) is 28.9 Å². The van der Waals surface area contributed by atoms with Crippen LogP contribution in [-0.2, 0) is 62.0 Å². The fraction of sp³-hybridized carbons (Fsp3) is 0.500. The van der Waals surface area contributed by atoms with Crippen molar-refractivity contribution in [3.63, 3.8) is 0 Å². The van der Waals surface area contributed by atoms with Crippen molar-refractivity contribution in [3.05, 3.63) is 102 Å². The van der Waals surface area contributed by atoms with Crippen LogP contribution >= 0.6 is 23.5 Å². The molecule has 35 heteroatoms. The average Bonchev–Trinajstić information content (AvgIpc) is 1.73. The van der Waals surface area contributed by atoms with Crippen LogP contribution in [0.3, 0.4) is 0 Å². The van der Waals surface area contributed by atoms with E-state index in [9.17, 15) is 64.4 Å². The zero-order chi connectivity index (χ0) is 68.4. The van der Waals surface area contributed by atoms with E-state index in [1.54, 1.807) is 6.07 Å². The van der Waals surface area contributed by atoms with Gasteiger partial charge in [0.2, 0.25) is 17.5 Å². The molecule has 4 aliphatic heterocycles. The molecule has 0 bridgehead atoms. The number of nitrogens with zero attached hydrogens (tertiary/aromatic N) is 6. The number of fused-ring (bicyclic) bond motifs is 4. The number of nitrogens with one attached hydrogen (secondary N) is 2. The van der Waals surface area contributed by atoms with Gasteiger partial charge in [-0.15, -0.1) is 0 Å². The number of imidazole rings is 1. The van der Waals surface area contributed by atoms with Gasteiger partial charge in [-0.3, -0.25) is 23.0 Å². The first-order valence-corrected chi connectivity index (χ1v) is 37.4. The lowest BCUT2D eigenvalue weighted by Gasteiger charge is -2.43. The molecule has 7 atom stereocenters. The first-order chi connectivity index (χ1) is 43.2. The number of ether oxygens (including phenoxy) is 2. The third-order valence-corrected chi connectivity index (χ3v) is 21.7. The summed E-state index contributed by atoms with van der Waals surface area (Å²) in [4.78, 5) is 65.1. The van der Waals surface area contributed by atoms with Crippen molar-refractivity contribution in [2.24, 2.45) is 5.41 Å². The predicted molar refractivity (Wildman–Crippen MR) is 345 cm³/mol. The van der Waals surface area contributed by atoms with Gasteiger partial charge >= 0.3 is 23.5 Å². The highest BCUT2D eigenvalue weighted by Crippen LogP contribution is 2.66. The van der Waals surface area contributed by atoms with E-state index in [0.717, 1.165) is 52.3 Å². The highest BCUT2D eigenvalue weighted by molar-refractivity contribution is 7.86. The number of likely N-dealkylation sites (N-methyl/N-ethyl adjacent to an activating group) is 1. The van der Waals surface area contributed by atoms with E-state index < -0.39 is 86.0 Å². The summed E-state index contributed by atoms with van der Waals surface area (Å²) in [6, 6.07) is 8.51. The third kappa shape index (κ3) is 17.8. The second-order valence-corrected chi connectivity index (χ2v) is 32.1. The molecule has 2 aromatic carbocycles. The van der Waals surface area contributed by atoms with Crippen molar-refractivity contribution >= 4 is 101 Å². The third-order valence-electron chi connectivity index (χ3n) is 16.2. The lowest BCUT2D eigenvalue weighted by Crippen LogP contribution is -2.45. The molecule has 12 N–H and O–H groups in total. The van der Waals surface area contributed by atoms with Crippen molar-refractivity contribution in [2.45, 2.75) is 147 Å². The Bertz CT molecular complexity index is 4100. The fourth-order valence-electron chi connectivity index (χ4n) is 11.9. The summed E-state index contributed by atoms with van der Waals surface area (Å²) in [5.74, 6) is 0.771. The Morgan fingerprint density at radius 1 is 0.892 bits per heavy atom. The maximum Gasteiger partial charge on any atom is 0.490 e. The monoisotopic (exact) mass is 1400 g/mol. The van der Waals surface area contributed by atoms with Gasteiger partial charge in [0.25, 0.3) is 20.2 Å². The maximum atomic E-state index is 13.4. The predicted octanol–water partition coefficient (Wildman–Crippen LogP) is 7.75. The molecule has 4 aliphatic rings. The molecule has 3 unspecified atom stereocenters. The van der Waals surface area contributed by atoms with Gasteiger partial charge < -0.3 is 60.5 Å². The lowest BCUT2D eigenvalue weighted by atomic mass is 9.75. The summed E-state index contributed by atoms with van der Waals surface area (Å²) in [6.45, 7) is 17.3. The molecular formula is C58H81N9O21P3S2+. The number of hydrogen-bond donors (Lipinski definition) is 11. The number of phosphoric acid groups is 3. The number of aromatic nitrogens is 4. The standard InChI is InChI=1S/C58H80N9O21P3S2/c1-9-66-43-32-44-40(31-39(43)36(2)33-57(66,6)7)37(29-47(85-44)56(3,4)5)19-13-12-14-20-46-58(8,41-30-38(93(81,82)83)22-23-42(41)65(46)27-18-28-92(78,79)80)24-17-21-48(68)60-25-15-10-11-16-26-61-55-64-49-52(59)62-35-63-53(49)67(55)54-51(70)50(69)45(86-54)34-84-90(74,75)88-91(76,77)87-89(71,72)73/h12-14,19-20,22-23,29-33,35,45,50-51,54,69-70H,9-11,15-18,21,24-28,34H2,1-8H3,(H9-,59,60,61,62,63,64,68,71,72,73,74,75,76,77,78,79,80,81,82,83)/p+1/t45-,50-,51-,54-,58?/m1/s1. The number of phosphoric ester groups is 1. The van der Waals surface area contributed by atoms with Crippen LogP contribution in [0, 0.1) is 5.41 Å². The number of benzene rings is 2. The van der Waals surface area contributed by atoms with Crippen LogP contribution in [0.1, 0.15) is 130 Å². The minimum absolute atomic E-state index is 0.00903. The number of carbonyl (C=O) groups is 1. The summed E-state index contributed by atoms with van der Waals surface area (Å²) in [5.41, 5.74) is 11.7. The molecule has 510 valence electrons. The Labute approximate surface area is 539 Å².